The van der Waals surface area contributed by atoms with E-state index in [-0.39, 0.29) is 52.7 Å². The van der Waals surface area contributed by atoms with Crippen molar-refractivity contribution in [2.24, 2.45) is 0 Å². The van der Waals surface area contributed by atoms with Gasteiger partial charge in [-0.2, -0.15) is 10.2 Å². The molecule has 0 spiro atoms. The number of phenols is 1. The number of fused-ring (bicyclic) bond motifs is 3. The van der Waals surface area contributed by atoms with E-state index in [1.165, 1.54) is 40.8 Å². The molecule has 1 saturated heterocycles. The summed E-state index contributed by atoms with van der Waals surface area (Å²) in [5.41, 5.74) is 2.64. The van der Waals surface area contributed by atoms with E-state index in [9.17, 15) is 22.8 Å². The molecular formula is C62H57BBr2ClF3N12O7. The zero-order valence-corrected chi connectivity index (χ0v) is 52.6. The lowest BCUT2D eigenvalue weighted by Crippen LogP contribution is -2.41. The maximum atomic E-state index is 13.9. The van der Waals surface area contributed by atoms with Gasteiger partial charge in [0.2, 0.25) is 11.8 Å². The normalized spacial score (nSPS) is 12.7. The first-order chi connectivity index (χ1) is 41.9. The van der Waals surface area contributed by atoms with Gasteiger partial charge in [0.25, 0.3) is 0 Å². The quantitative estimate of drug-likeness (QED) is 0.126. The number of rotatable bonds is 10. The smallest absolute Gasteiger partial charge is 0.498 e. The highest BCUT2D eigenvalue weighted by Gasteiger charge is 2.52. The summed E-state index contributed by atoms with van der Waals surface area (Å²) in [5.74, 6) is 1.13. The molecule has 8 aromatic heterocycles. The van der Waals surface area contributed by atoms with Crippen LogP contribution in [0.2, 0.25) is 5.02 Å². The van der Waals surface area contributed by atoms with E-state index < -0.39 is 24.6 Å². The van der Waals surface area contributed by atoms with Crippen molar-refractivity contribution in [3.05, 3.63) is 203 Å². The van der Waals surface area contributed by atoms with Gasteiger partial charge in [0.05, 0.1) is 51.8 Å². The van der Waals surface area contributed by atoms with Crippen molar-refractivity contribution in [1.82, 2.24) is 59.3 Å². The molecule has 9 heterocycles. The zero-order chi connectivity index (χ0) is 63.3. The largest absolute Gasteiger partial charge is 0.508 e. The van der Waals surface area contributed by atoms with E-state index >= 15 is 0 Å². The number of amides is 2. The molecule has 26 heteroatoms. The van der Waals surface area contributed by atoms with Crippen LogP contribution in [0.5, 0.6) is 28.7 Å². The van der Waals surface area contributed by atoms with Gasteiger partial charge in [0.1, 0.15) is 58.4 Å². The van der Waals surface area contributed by atoms with Crippen molar-refractivity contribution in [1.29, 1.82) is 0 Å². The van der Waals surface area contributed by atoms with E-state index in [0.29, 0.717) is 49.9 Å². The second kappa shape index (κ2) is 29.2. The highest BCUT2D eigenvalue weighted by Crippen LogP contribution is 2.37. The Morgan fingerprint density at radius 1 is 0.557 bits per heavy atom. The number of phenolic OH excluding ortho intramolecular Hbond substituents is 1. The zero-order valence-electron chi connectivity index (χ0n) is 48.7. The Morgan fingerprint density at radius 2 is 0.966 bits per heavy atom. The Hall–Kier alpha value is -8.88. The second-order valence-electron chi connectivity index (χ2n) is 20.7. The minimum Gasteiger partial charge on any atom is -0.508 e. The predicted molar refractivity (Wildman–Crippen MR) is 337 cm³/mol. The van der Waals surface area contributed by atoms with Crippen molar-refractivity contribution < 1.29 is 46.6 Å². The Kier molecular flexibility index (Phi) is 21.6. The van der Waals surface area contributed by atoms with Gasteiger partial charge in [-0.05, 0) is 112 Å². The predicted octanol–water partition coefficient (Wildman–Crippen LogP) is 12.7. The van der Waals surface area contributed by atoms with E-state index in [1.807, 2.05) is 82.4 Å². The summed E-state index contributed by atoms with van der Waals surface area (Å²) in [6.45, 7) is 8.43. The first-order valence-corrected chi connectivity index (χ1v) is 28.7. The molecule has 0 bridgehead atoms. The number of likely N-dealkylation sites (N-methyl/N-ethyl adjacent to an activating group) is 2. The number of hydrogen-bond acceptors (Lipinski definition) is 15. The number of aromatic hydroxyl groups is 1. The lowest BCUT2D eigenvalue weighted by Gasteiger charge is -2.32. The number of halogens is 6. The lowest BCUT2D eigenvalue weighted by molar-refractivity contribution is -0.130. The number of ether oxygens (including phenoxy) is 2. The summed E-state index contributed by atoms with van der Waals surface area (Å²) in [6.07, 6.45) is 19.4. The molecule has 19 nitrogen and oxygen atoms in total. The van der Waals surface area contributed by atoms with Crippen LogP contribution in [0.15, 0.2) is 180 Å². The fourth-order valence-corrected chi connectivity index (χ4v) is 8.56. The Bertz CT molecular complexity index is 4110. The third-order valence-corrected chi connectivity index (χ3v) is 14.8. The van der Waals surface area contributed by atoms with Gasteiger partial charge in [-0.15, -0.1) is 0 Å². The average Bonchev–Trinajstić information content (AvgIpc) is 4.13. The minimum absolute atomic E-state index is 0.00596. The van der Waals surface area contributed by atoms with Crippen LogP contribution in [0, 0.1) is 17.5 Å². The molecule has 1 fully saturated rings. The molecule has 1 aliphatic rings. The number of carbonyl (C=O) groups excluding carboxylic acids is 2. The minimum atomic E-state index is -0.493. The van der Waals surface area contributed by atoms with Crippen molar-refractivity contribution >= 4 is 101 Å². The van der Waals surface area contributed by atoms with Crippen LogP contribution >= 0.6 is 43.5 Å². The van der Waals surface area contributed by atoms with Crippen LogP contribution in [-0.2, 0) is 32.0 Å². The van der Waals surface area contributed by atoms with Crippen LogP contribution in [0.1, 0.15) is 27.7 Å². The second-order valence-corrected chi connectivity index (χ2v) is 22.9. The van der Waals surface area contributed by atoms with Crippen LogP contribution < -0.4 is 14.9 Å². The highest BCUT2D eigenvalue weighted by atomic mass is 79.9. The molecule has 452 valence electrons. The molecule has 88 heavy (non-hydrogen) atoms. The molecule has 0 unspecified atom stereocenters. The third kappa shape index (κ3) is 17.0. The van der Waals surface area contributed by atoms with Gasteiger partial charge in [-0.25, -0.2) is 13.2 Å². The molecule has 1 aliphatic heterocycles. The summed E-state index contributed by atoms with van der Waals surface area (Å²) in [5, 5.41) is 19.2. The van der Waals surface area contributed by atoms with Crippen molar-refractivity contribution in [2.75, 3.05) is 28.2 Å². The highest BCUT2D eigenvalue weighted by molar-refractivity contribution is 9.10. The molecule has 0 saturated carbocycles. The summed E-state index contributed by atoms with van der Waals surface area (Å²) < 4.78 is 69.1. The molecule has 1 N–H and O–H groups in total. The van der Waals surface area contributed by atoms with Crippen LogP contribution in [0.3, 0.4) is 0 Å². The standard InChI is InChI=1S/C21H18FN5O2.C14H8BrFN2O.C13H22BN3O3.C8H4ClFN2.C6H5BrO/c1-26(2)20(28)13-27-12-15(9-25-27)14-3-5-16(6-4-14)29-19-7-8-24-21-17(19)10-23-11-18(21)22;15-9-1-3-10(4-2-9)19-13-5-6-18-14-11(13)7-17-8-12(14)16;1-12(2)13(3,4)20-14(19-12)10-7-15-17(8-10)9-11(18)16(5)6;9-6-1-2-12-8-5(6)3-11-4-7(8)10;7-5-1-3-6(8)4-2-5/h3-12H,13H2,1-2H3;1-8H;7-8H,9H2,1-6H3;1-4H;1-4,8H. The summed E-state index contributed by atoms with van der Waals surface area (Å²) in [4.78, 5) is 49.8. The third-order valence-electron chi connectivity index (χ3n) is 13.4. The number of carbonyl (C=O) groups is 2. The SMILES string of the molecule is CN(C)C(=O)Cn1cc(-c2ccc(Oc3ccnc4c(F)cncc34)cc2)cn1.CN(C)C(=O)Cn1cc(B2OC(C)(C)C(C)(C)O2)cn1.Fc1cncc2c(Cl)ccnc12.Fc1cncc2c(Oc3ccc(Br)cc3)ccnc12.Oc1ccc(Br)cc1. The van der Waals surface area contributed by atoms with E-state index in [1.54, 1.807) is 105 Å². The fourth-order valence-electron chi connectivity index (χ4n) is 7.84. The van der Waals surface area contributed by atoms with E-state index in [2.05, 4.69) is 72.0 Å². The van der Waals surface area contributed by atoms with Crippen molar-refractivity contribution in [2.45, 2.75) is 52.0 Å². The first-order valence-electron chi connectivity index (χ1n) is 26.7. The van der Waals surface area contributed by atoms with Crippen LogP contribution in [0.25, 0.3) is 43.8 Å². The van der Waals surface area contributed by atoms with Gasteiger partial charge in [0.15, 0.2) is 17.5 Å². The van der Waals surface area contributed by atoms with Crippen molar-refractivity contribution in [3.63, 3.8) is 0 Å². The van der Waals surface area contributed by atoms with Gasteiger partial charge in [-0.1, -0.05) is 55.6 Å². The van der Waals surface area contributed by atoms with Gasteiger partial charge in [0, 0.05) is 109 Å². The summed E-state index contributed by atoms with van der Waals surface area (Å²) in [6, 6.07) is 26.6. The van der Waals surface area contributed by atoms with E-state index in [0.717, 1.165) is 44.1 Å². The number of aromatic nitrogens is 10. The molecule has 0 aliphatic carbocycles. The Morgan fingerprint density at radius 3 is 1.42 bits per heavy atom. The Balaban J connectivity index is 0.000000151. The maximum absolute atomic E-state index is 13.9. The average molecular weight is 1350 g/mol. The number of benzene rings is 3. The molecule has 12 rings (SSSR count). The monoisotopic (exact) mass is 1340 g/mol. The maximum Gasteiger partial charge on any atom is 0.498 e. The molecule has 2 amide bonds. The van der Waals surface area contributed by atoms with Crippen molar-refractivity contribution in [3.8, 4) is 39.9 Å². The molecule has 0 atom stereocenters. The number of hydrogen-bond donors (Lipinski definition) is 1. The molecule has 0 radical (unpaired) electrons. The molecule has 11 aromatic rings. The molecular weight excluding hydrogens is 1290 g/mol. The number of nitrogens with zero attached hydrogens (tertiary/aromatic N) is 12. The lowest BCUT2D eigenvalue weighted by atomic mass is 9.82. The van der Waals surface area contributed by atoms with Crippen LogP contribution in [0.4, 0.5) is 13.2 Å². The van der Waals surface area contributed by atoms with Gasteiger partial charge >= 0.3 is 7.12 Å². The van der Waals surface area contributed by atoms with E-state index in [4.69, 9.17) is 35.5 Å². The van der Waals surface area contributed by atoms with Gasteiger partial charge < -0.3 is 33.7 Å². The summed E-state index contributed by atoms with van der Waals surface area (Å²) in [7, 11) is 6.43. The van der Waals surface area contributed by atoms with Gasteiger partial charge in [-0.3, -0.25) is 48.9 Å². The molecule has 3 aromatic carbocycles. The number of pyridine rings is 6. The fraction of sp³-hybridized carbons (Fsp3) is 0.194. The van der Waals surface area contributed by atoms with Crippen LogP contribution in [-0.4, -0.2) is 123 Å². The summed E-state index contributed by atoms with van der Waals surface area (Å²) >= 11 is 12.4. The Labute approximate surface area is 526 Å². The first kappa shape index (κ1) is 65.1. The topological polar surface area (TPSA) is 211 Å².